The van der Waals surface area contributed by atoms with E-state index in [1.807, 2.05) is 12.1 Å². The summed E-state index contributed by atoms with van der Waals surface area (Å²) in [5.41, 5.74) is 6.60. The molecule has 0 spiro atoms. The van der Waals surface area contributed by atoms with E-state index in [0.717, 1.165) is 0 Å². The van der Waals surface area contributed by atoms with Crippen molar-refractivity contribution in [2.75, 3.05) is 0 Å². The highest BCUT2D eigenvalue weighted by atomic mass is 14.2. The normalized spacial score (nSPS) is 12.6. The third-order valence-electron chi connectivity index (χ3n) is 4.75. The summed E-state index contributed by atoms with van der Waals surface area (Å²) in [5, 5.41) is 0. The van der Waals surface area contributed by atoms with Gasteiger partial charge in [-0.2, -0.15) is 0 Å². The van der Waals surface area contributed by atoms with Gasteiger partial charge in [0.05, 0.1) is 0 Å². The molecule has 0 nitrogen and oxygen atoms in total. The van der Waals surface area contributed by atoms with Gasteiger partial charge < -0.3 is 0 Å². The molecule has 0 aromatic heterocycles. The summed E-state index contributed by atoms with van der Waals surface area (Å²) >= 11 is 0. The average molecular weight is 326 g/mol. The summed E-state index contributed by atoms with van der Waals surface area (Å²) in [6.07, 6.45) is 2.03. The van der Waals surface area contributed by atoms with Crippen LogP contribution in [0.25, 0.3) is 11.1 Å². The van der Waals surface area contributed by atoms with Crippen LogP contribution in [0.3, 0.4) is 0 Å². The van der Waals surface area contributed by atoms with Gasteiger partial charge in [0.15, 0.2) is 0 Å². The van der Waals surface area contributed by atoms with Crippen molar-refractivity contribution in [3.63, 3.8) is 0 Å². The van der Waals surface area contributed by atoms with Crippen molar-refractivity contribution in [2.45, 2.75) is 32.1 Å². The van der Waals surface area contributed by atoms with Gasteiger partial charge in [0.2, 0.25) is 0 Å². The van der Waals surface area contributed by atoms with Gasteiger partial charge in [-0.25, -0.2) is 0 Å². The standard InChI is InChI=1S/C25H26/c1-5-24(22-15-17-23(18-16-22)25(2,3)4)21-13-11-20(12-14-21)19-9-7-6-8-10-19/h5-18,24H,1H2,2-4H3. The Morgan fingerprint density at radius 3 is 1.64 bits per heavy atom. The van der Waals surface area contributed by atoms with Gasteiger partial charge in [-0.1, -0.05) is 106 Å². The van der Waals surface area contributed by atoms with E-state index in [0.29, 0.717) is 0 Å². The van der Waals surface area contributed by atoms with Crippen LogP contribution >= 0.6 is 0 Å². The molecule has 25 heavy (non-hydrogen) atoms. The molecule has 3 aromatic rings. The molecule has 3 rings (SSSR count). The maximum atomic E-state index is 4.07. The van der Waals surface area contributed by atoms with Crippen LogP contribution in [0.15, 0.2) is 91.5 Å². The minimum absolute atomic E-state index is 0.180. The summed E-state index contributed by atoms with van der Waals surface area (Å²) < 4.78 is 0. The zero-order valence-corrected chi connectivity index (χ0v) is 15.4. The van der Waals surface area contributed by atoms with Gasteiger partial charge in [0.1, 0.15) is 0 Å². The third-order valence-corrected chi connectivity index (χ3v) is 4.75. The Balaban J connectivity index is 1.87. The van der Waals surface area contributed by atoms with Crippen molar-refractivity contribution in [3.8, 4) is 11.1 Å². The molecule has 0 heteroatoms. The molecular formula is C25H26. The van der Waals surface area contributed by atoms with E-state index in [2.05, 4.69) is 100 Å². The smallest absolute Gasteiger partial charge is 0.0266 e. The number of allylic oxidation sites excluding steroid dienone is 1. The number of rotatable bonds is 4. The second kappa shape index (κ2) is 7.11. The van der Waals surface area contributed by atoms with Gasteiger partial charge in [-0.05, 0) is 33.2 Å². The molecule has 0 heterocycles. The van der Waals surface area contributed by atoms with Crippen molar-refractivity contribution in [1.82, 2.24) is 0 Å². The number of hydrogen-bond acceptors (Lipinski definition) is 0. The molecule has 3 aromatic carbocycles. The predicted molar refractivity (Wildman–Crippen MR) is 109 cm³/mol. The predicted octanol–water partition coefficient (Wildman–Crippen LogP) is 6.97. The second-order valence-corrected chi connectivity index (χ2v) is 7.57. The van der Waals surface area contributed by atoms with Crippen LogP contribution in [0.2, 0.25) is 0 Å². The molecule has 1 atom stereocenters. The zero-order valence-electron chi connectivity index (χ0n) is 15.4. The molecule has 126 valence electrons. The van der Waals surface area contributed by atoms with E-state index in [1.165, 1.54) is 27.8 Å². The number of benzene rings is 3. The van der Waals surface area contributed by atoms with Crippen LogP contribution in [0.5, 0.6) is 0 Å². The molecule has 0 fully saturated rings. The van der Waals surface area contributed by atoms with Gasteiger partial charge in [-0.15, -0.1) is 6.58 Å². The molecule has 0 aliphatic heterocycles. The fourth-order valence-electron chi connectivity index (χ4n) is 3.17. The first-order chi connectivity index (χ1) is 12.0. The van der Waals surface area contributed by atoms with E-state index < -0.39 is 0 Å². The van der Waals surface area contributed by atoms with Crippen LogP contribution in [-0.2, 0) is 5.41 Å². The Bertz CT molecular complexity index is 816. The molecule has 0 aliphatic carbocycles. The van der Waals surface area contributed by atoms with Crippen LogP contribution in [0.4, 0.5) is 0 Å². The Morgan fingerprint density at radius 2 is 1.16 bits per heavy atom. The summed E-state index contributed by atoms with van der Waals surface area (Å²) in [5.74, 6) is 0.221. The fourth-order valence-corrected chi connectivity index (χ4v) is 3.17. The first kappa shape index (κ1) is 17.2. The van der Waals surface area contributed by atoms with Crippen LogP contribution in [0, 0.1) is 0 Å². The third kappa shape index (κ3) is 3.91. The summed E-state index contributed by atoms with van der Waals surface area (Å²) in [4.78, 5) is 0. The molecule has 0 radical (unpaired) electrons. The lowest BCUT2D eigenvalue weighted by molar-refractivity contribution is 0.590. The molecule has 0 amide bonds. The Kier molecular flexibility index (Phi) is 4.90. The average Bonchev–Trinajstić information content (AvgIpc) is 2.63. The highest BCUT2D eigenvalue weighted by Crippen LogP contribution is 2.30. The van der Waals surface area contributed by atoms with E-state index in [1.54, 1.807) is 0 Å². The van der Waals surface area contributed by atoms with Crippen LogP contribution in [0.1, 0.15) is 43.4 Å². The van der Waals surface area contributed by atoms with Gasteiger partial charge in [0, 0.05) is 5.92 Å². The summed E-state index contributed by atoms with van der Waals surface area (Å²) in [7, 11) is 0. The Labute approximate surface area is 151 Å². The largest absolute Gasteiger partial charge is 0.102 e. The van der Waals surface area contributed by atoms with E-state index in [9.17, 15) is 0 Å². The van der Waals surface area contributed by atoms with Crippen molar-refractivity contribution in [2.24, 2.45) is 0 Å². The minimum Gasteiger partial charge on any atom is -0.102 e. The SMILES string of the molecule is C=CC(c1ccc(-c2ccccc2)cc1)c1ccc(C(C)(C)C)cc1. The van der Waals surface area contributed by atoms with E-state index >= 15 is 0 Å². The van der Waals surface area contributed by atoms with Gasteiger partial charge in [-0.3, -0.25) is 0 Å². The Hall–Kier alpha value is -2.60. The Morgan fingerprint density at radius 1 is 0.680 bits per heavy atom. The highest BCUT2D eigenvalue weighted by Gasteiger charge is 2.15. The molecule has 0 saturated heterocycles. The topological polar surface area (TPSA) is 0 Å². The number of hydrogen-bond donors (Lipinski definition) is 0. The molecule has 0 bridgehead atoms. The minimum atomic E-state index is 0.180. The molecule has 0 aliphatic rings. The maximum Gasteiger partial charge on any atom is 0.0266 e. The van der Waals surface area contributed by atoms with Crippen molar-refractivity contribution < 1.29 is 0 Å². The fraction of sp³-hybridized carbons (Fsp3) is 0.200. The summed E-state index contributed by atoms with van der Waals surface area (Å²) in [6.45, 7) is 10.8. The van der Waals surface area contributed by atoms with Crippen molar-refractivity contribution in [1.29, 1.82) is 0 Å². The lowest BCUT2D eigenvalue weighted by Crippen LogP contribution is -2.11. The van der Waals surface area contributed by atoms with Crippen LogP contribution in [-0.4, -0.2) is 0 Å². The van der Waals surface area contributed by atoms with Gasteiger partial charge in [0.25, 0.3) is 0 Å². The first-order valence-corrected chi connectivity index (χ1v) is 8.87. The zero-order chi connectivity index (χ0) is 17.9. The van der Waals surface area contributed by atoms with E-state index in [4.69, 9.17) is 0 Å². The van der Waals surface area contributed by atoms with E-state index in [-0.39, 0.29) is 11.3 Å². The molecule has 1 unspecified atom stereocenters. The molecular weight excluding hydrogens is 300 g/mol. The molecule has 0 saturated carbocycles. The summed E-state index contributed by atoms with van der Waals surface area (Å²) in [6, 6.07) is 28.3. The quantitative estimate of drug-likeness (QED) is 0.454. The van der Waals surface area contributed by atoms with Gasteiger partial charge >= 0.3 is 0 Å². The monoisotopic (exact) mass is 326 g/mol. The molecule has 0 N–H and O–H groups in total. The maximum absolute atomic E-state index is 4.07. The second-order valence-electron chi connectivity index (χ2n) is 7.57. The van der Waals surface area contributed by atoms with Crippen LogP contribution < -0.4 is 0 Å². The lowest BCUT2D eigenvalue weighted by Gasteiger charge is -2.21. The van der Waals surface area contributed by atoms with Crippen molar-refractivity contribution in [3.05, 3.63) is 108 Å². The first-order valence-electron chi connectivity index (χ1n) is 8.87. The highest BCUT2D eigenvalue weighted by molar-refractivity contribution is 5.63. The van der Waals surface area contributed by atoms with Crippen molar-refractivity contribution >= 4 is 0 Å². The lowest BCUT2D eigenvalue weighted by atomic mass is 9.84.